The second-order valence-electron chi connectivity index (χ2n) is 7.42. The molecule has 7 nitrogen and oxygen atoms in total. The minimum atomic E-state index is -4.16. The summed E-state index contributed by atoms with van der Waals surface area (Å²) in [7, 11) is -4.16. The van der Waals surface area contributed by atoms with Gasteiger partial charge in [0, 0.05) is 17.1 Å². The minimum absolute atomic E-state index is 0.134. The van der Waals surface area contributed by atoms with Crippen LogP contribution in [0.3, 0.4) is 0 Å². The zero-order valence-corrected chi connectivity index (χ0v) is 17.3. The standard InChI is InChI=1S/C21H21FN2O5S/c1-3-28-16-6-4-5-7-19(16)30(26,27)23-20(25)18-10-14-8-9-15(11-17(14)29-18)24-12-21(2,22)13-24/h4-11H,3,12-13H2,1-2H3,(H,23,25). The summed E-state index contributed by atoms with van der Waals surface area (Å²) in [4.78, 5) is 14.3. The molecule has 2 heterocycles. The van der Waals surface area contributed by atoms with Gasteiger partial charge in [-0.1, -0.05) is 12.1 Å². The van der Waals surface area contributed by atoms with Crippen LogP contribution < -0.4 is 14.4 Å². The summed E-state index contributed by atoms with van der Waals surface area (Å²) in [5.41, 5.74) is -0.0237. The Morgan fingerprint density at radius 1 is 1.23 bits per heavy atom. The molecule has 0 aliphatic carbocycles. The number of furan rings is 1. The fraction of sp³-hybridized carbons (Fsp3) is 0.286. The molecule has 1 aromatic heterocycles. The highest BCUT2D eigenvalue weighted by molar-refractivity contribution is 7.90. The first kappa shape index (κ1) is 20.2. The van der Waals surface area contributed by atoms with Gasteiger partial charge in [0.15, 0.2) is 5.76 Å². The van der Waals surface area contributed by atoms with Crippen molar-refractivity contribution in [2.75, 3.05) is 24.6 Å². The molecule has 1 saturated heterocycles. The van der Waals surface area contributed by atoms with E-state index < -0.39 is 21.6 Å². The van der Waals surface area contributed by atoms with Crippen molar-refractivity contribution in [3.05, 3.63) is 54.3 Å². The van der Waals surface area contributed by atoms with Crippen LogP contribution in [0.15, 0.2) is 57.8 Å². The molecule has 0 radical (unpaired) electrons. The summed E-state index contributed by atoms with van der Waals surface area (Å²) in [6, 6.07) is 12.8. The van der Waals surface area contributed by atoms with Crippen molar-refractivity contribution in [3.8, 4) is 5.75 Å². The Morgan fingerprint density at radius 3 is 2.67 bits per heavy atom. The first-order chi connectivity index (χ1) is 14.2. The SMILES string of the molecule is CCOc1ccccc1S(=O)(=O)NC(=O)c1cc2ccc(N3CC(C)(F)C3)cc2o1. The molecule has 0 bridgehead atoms. The van der Waals surface area contributed by atoms with Gasteiger partial charge in [0.2, 0.25) is 0 Å². The van der Waals surface area contributed by atoms with Crippen LogP contribution in [0, 0.1) is 0 Å². The number of amides is 1. The number of sulfonamides is 1. The van der Waals surface area contributed by atoms with Crippen LogP contribution in [-0.2, 0) is 10.0 Å². The molecule has 1 N–H and O–H groups in total. The number of ether oxygens (including phenoxy) is 1. The van der Waals surface area contributed by atoms with Crippen molar-refractivity contribution in [2.24, 2.45) is 0 Å². The van der Waals surface area contributed by atoms with E-state index in [4.69, 9.17) is 9.15 Å². The number of anilines is 1. The molecule has 1 fully saturated rings. The lowest BCUT2D eigenvalue weighted by atomic mass is 9.98. The number of fused-ring (bicyclic) bond motifs is 1. The quantitative estimate of drug-likeness (QED) is 0.641. The molecule has 9 heteroatoms. The third kappa shape index (κ3) is 3.85. The Balaban J connectivity index is 1.56. The second-order valence-corrected chi connectivity index (χ2v) is 9.07. The maximum absolute atomic E-state index is 13.8. The maximum Gasteiger partial charge on any atom is 0.300 e. The highest BCUT2D eigenvalue weighted by atomic mass is 32.2. The largest absolute Gasteiger partial charge is 0.492 e. The summed E-state index contributed by atoms with van der Waals surface area (Å²) in [6.45, 7) is 4.12. The van der Waals surface area contributed by atoms with Gasteiger partial charge in [0.25, 0.3) is 10.0 Å². The molecular formula is C21H21FN2O5S. The first-order valence-electron chi connectivity index (χ1n) is 9.45. The Labute approximate surface area is 173 Å². The van der Waals surface area contributed by atoms with Crippen LogP contribution in [0.4, 0.5) is 10.1 Å². The highest BCUT2D eigenvalue weighted by Crippen LogP contribution is 2.33. The summed E-state index contributed by atoms with van der Waals surface area (Å²) in [6.07, 6.45) is 0. The van der Waals surface area contributed by atoms with Crippen molar-refractivity contribution in [1.82, 2.24) is 4.72 Å². The summed E-state index contributed by atoms with van der Waals surface area (Å²) in [5, 5.41) is 0.638. The Bertz CT molecular complexity index is 1210. The van der Waals surface area contributed by atoms with Gasteiger partial charge < -0.3 is 14.1 Å². The fourth-order valence-corrected chi connectivity index (χ4v) is 4.54. The molecule has 1 amide bonds. The molecule has 0 atom stereocenters. The topological polar surface area (TPSA) is 88.8 Å². The van der Waals surface area contributed by atoms with Gasteiger partial charge in [-0.05, 0) is 44.2 Å². The molecular weight excluding hydrogens is 411 g/mol. The minimum Gasteiger partial charge on any atom is -0.492 e. The molecule has 0 unspecified atom stereocenters. The molecule has 1 aliphatic rings. The number of nitrogens with zero attached hydrogens (tertiary/aromatic N) is 1. The van der Waals surface area contributed by atoms with Crippen LogP contribution in [0.5, 0.6) is 5.75 Å². The summed E-state index contributed by atoms with van der Waals surface area (Å²) >= 11 is 0. The molecule has 1 aliphatic heterocycles. The smallest absolute Gasteiger partial charge is 0.300 e. The zero-order chi connectivity index (χ0) is 21.5. The van der Waals surface area contributed by atoms with Gasteiger partial charge in [0.05, 0.1) is 19.7 Å². The maximum atomic E-state index is 13.8. The average molecular weight is 432 g/mol. The normalized spacial score (nSPS) is 15.6. The van der Waals surface area contributed by atoms with E-state index in [1.807, 2.05) is 15.7 Å². The monoisotopic (exact) mass is 432 g/mol. The van der Waals surface area contributed by atoms with Crippen LogP contribution in [0.2, 0.25) is 0 Å². The number of carbonyl (C=O) groups excluding carboxylic acids is 1. The predicted octanol–water partition coefficient (Wildman–Crippen LogP) is 3.50. The first-order valence-corrected chi connectivity index (χ1v) is 10.9. The fourth-order valence-electron chi connectivity index (χ4n) is 3.43. The van der Waals surface area contributed by atoms with Crippen LogP contribution in [0.25, 0.3) is 11.0 Å². The second kappa shape index (κ2) is 7.32. The molecule has 2 aromatic carbocycles. The number of benzene rings is 2. The Kier molecular flexibility index (Phi) is 4.93. The van der Waals surface area contributed by atoms with Crippen LogP contribution in [-0.4, -0.2) is 39.7 Å². The van der Waals surface area contributed by atoms with Gasteiger partial charge in [-0.15, -0.1) is 0 Å². The van der Waals surface area contributed by atoms with E-state index in [0.29, 0.717) is 11.0 Å². The predicted molar refractivity (Wildman–Crippen MR) is 110 cm³/mol. The van der Waals surface area contributed by atoms with Crippen molar-refractivity contribution < 1.29 is 26.8 Å². The molecule has 158 valence electrons. The lowest BCUT2D eigenvalue weighted by molar-refractivity contribution is 0.0956. The average Bonchev–Trinajstić information content (AvgIpc) is 3.10. The van der Waals surface area contributed by atoms with E-state index in [9.17, 15) is 17.6 Å². The number of halogens is 1. The number of hydrogen-bond donors (Lipinski definition) is 1. The number of carbonyl (C=O) groups is 1. The van der Waals surface area contributed by atoms with Crippen molar-refractivity contribution in [2.45, 2.75) is 24.4 Å². The van der Waals surface area contributed by atoms with Gasteiger partial charge in [-0.2, -0.15) is 0 Å². The summed E-state index contributed by atoms with van der Waals surface area (Å²) < 4.78 is 52.0. The third-order valence-corrected chi connectivity index (χ3v) is 6.17. The van der Waals surface area contributed by atoms with E-state index in [2.05, 4.69) is 0 Å². The van der Waals surface area contributed by atoms with Gasteiger partial charge in [0.1, 0.15) is 21.9 Å². The van der Waals surface area contributed by atoms with Crippen molar-refractivity contribution in [3.63, 3.8) is 0 Å². The molecule has 3 aromatic rings. The van der Waals surface area contributed by atoms with E-state index in [1.54, 1.807) is 38.1 Å². The van der Waals surface area contributed by atoms with Gasteiger partial charge in [-0.3, -0.25) is 4.79 Å². The zero-order valence-electron chi connectivity index (χ0n) is 16.5. The van der Waals surface area contributed by atoms with Gasteiger partial charge >= 0.3 is 5.91 Å². The molecule has 30 heavy (non-hydrogen) atoms. The Morgan fingerprint density at radius 2 is 1.97 bits per heavy atom. The van der Waals surface area contributed by atoms with Crippen molar-refractivity contribution >= 4 is 32.6 Å². The van der Waals surface area contributed by atoms with E-state index in [-0.39, 0.29) is 36.1 Å². The van der Waals surface area contributed by atoms with Gasteiger partial charge in [-0.25, -0.2) is 17.5 Å². The molecule has 0 saturated carbocycles. The molecule has 0 spiro atoms. The summed E-state index contributed by atoms with van der Waals surface area (Å²) in [5.74, 6) is -0.873. The van der Waals surface area contributed by atoms with E-state index in [1.165, 1.54) is 18.2 Å². The Hall–Kier alpha value is -3.07. The number of para-hydroxylation sites is 1. The number of rotatable bonds is 6. The highest BCUT2D eigenvalue weighted by Gasteiger charge is 2.39. The number of hydrogen-bond acceptors (Lipinski definition) is 6. The number of alkyl halides is 1. The van der Waals surface area contributed by atoms with Crippen molar-refractivity contribution in [1.29, 1.82) is 0 Å². The van der Waals surface area contributed by atoms with Crippen LogP contribution in [0.1, 0.15) is 24.4 Å². The number of nitrogens with one attached hydrogen (secondary N) is 1. The van der Waals surface area contributed by atoms with E-state index >= 15 is 0 Å². The lowest BCUT2D eigenvalue weighted by Crippen LogP contribution is -2.57. The lowest BCUT2D eigenvalue weighted by Gasteiger charge is -2.43. The third-order valence-electron chi connectivity index (χ3n) is 4.80. The molecule has 4 rings (SSSR count). The van der Waals surface area contributed by atoms with Crippen LogP contribution >= 0.6 is 0 Å². The van der Waals surface area contributed by atoms with E-state index in [0.717, 1.165) is 5.69 Å².